The van der Waals surface area contributed by atoms with E-state index in [1.807, 2.05) is 0 Å². The van der Waals surface area contributed by atoms with Crippen molar-refractivity contribution in [2.75, 3.05) is 13.1 Å². The van der Waals surface area contributed by atoms with Crippen LogP contribution in [0.5, 0.6) is 0 Å². The Hall–Kier alpha value is -1.37. The van der Waals surface area contributed by atoms with Gasteiger partial charge in [-0.05, 0) is 34.7 Å². The standard InChI is InChI=1S/C14H21BrN4O2/c1-9(2)7-11-13(20)16-5-4-6-19(11)14(21)12-10(15)8-17-18(12)3/h8-9,11H,4-7H2,1-3H3,(H,16,20). The lowest BCUT2D eigenvalue weighted by atomic mass is 10.0. The number of hydrogen-bond acceptors (Lipinski definition) is 3. The monoisotopic (exact) mass is 356 g/mol. The summed E-state index contributed by atoms with van der Waals surface area (Å²) in [6, 6.07) is -0.415. The minimum Gasteiger partial charge on any atom is -0.354 e. The molecule has 0 aliphatic carbocycles. The van der Waals surface area contributed by atoms with Crippen molar-refractivity contribution >= 4 is 27.7 Å². The lowest BCUT2D eigenvalue weighted by Crippen LogP contribution is -2.48. The largest absolute Gasteiger partial charge is 0.354 e. The second kappa shape index (κ2) is 6.60. The van der Waals surface area contributed by atoms with Crippen molar-refractivity contribution in [1.82, 2.24) is 20.0 Å². The summed E-state index contributed by atoms with van der Waals surface area (Å²) in [5.41, 5.74) is 0.485. The van der Waals surface area contributed by atoms with E-state index in [9.17, 15) is 9.59 Å². The lowest BCUT2D eigenvalue weighted by Gasteiger charge is -2.29. The van der Waals surface area contributed by atoms with E-state index in [0.29, 0.717) is 35.6 Å². The Morgan fingerprint density at radius 3 is 2.86 bits per heavy atom. The van der Waals surface area contributed by atoms with Gasteiger partial charge in [-0.2, -0.15) is 5.10 Å². The van der Waals surface area contributed by atoms with Gasteiger partial charge < -0.3 is 10.2 Å². The highest BCUT2D eigenvalue weighted by Gasteiger charge is 2.34. The summed E-state index contributed by atoms with van der Waals surface area (Å²) in [5.74, 6) is 0.126. The first-order chi connectivity index (χ1) is 9.91. The van der Waals surface area contributed by atoms with Crippen LogP contribution in [0, 0.1) is 5.92 Å². The Kier molecular flexibility index (Phi) is 5.03. The van der Waals surface area contributed by atoms with Gasteiger partial charge in [-0.1, -0.05) is 13.8 Å². The van der Waals surface area contributed by atoms with Crippen molar-refractivity contribution in [2.24, 2.45) is 13.0 Å². The molecule has 21 heavy (non-hydrogen) atoms. The predicted octanol–water partition coefficient (Wildman–Crippen LogP) is 1.56. The highest BCUT2D eigenvalue weighted by atomic mass is 79.9. The van der Waals surface area contributed by atoms with Crippen molar-refractivity contribution < 1.29 is 9.59 Å². The molecule has 0 bridgehead atoms. The average Bonchev–Trinajstić information content (AvgIpc) is 2.63. The Bertz CT molecular complexity index is 522. The summed E-state index contributed by atoms with van der Waals surface area (Å²) in [7, 11) is 1.73. The van der Waals surface area contributed by atoms with Gasteiger partial charge in [0.15, 0.2) is 0 Å². The maximum Gasteiger partial charge on any atom is 0.273 e. The van der Waals surface area contributed by atoms with E-state index < -0.39 is 6.04 Å². The maximum atomic E-state index is 12.8. The summed E-state index contributed by atoms with van der Waals surface area (Å²) in [6.45, 7) is 5.30. The molecule has 7 heteroatoms. The fourth-order valence-corrected chi connectivity index (χ4v) is 3.11. The normalized spacial score (nSPS) is 19.6. The van der Waals surface area contributed by atoms with Crippen LogP contribution in [0.3, 0.4) is 0 Å². The fourth-order valence-electron chi connectivity index (χ4n) is 2.59. The van der Waals surface area contributed by atoms with Crippen molar-refractivity contribution in [3.05, 3.63) is 16.4 Å². The second-order valence-corrected chi connectivity index (χ2v) is 6.61. The van der Waals surface area contributed by atoms with Gasteiger partial charge in [-0.25, -0.2) is 0 Å². The van der Waals surface area contributed by atoms with Gasteiger partial charge in [-0.3, -0.25) is 14.3 Å². The molecule has 2 heterocycles. The SMILES string of the molecule is CC(C)CC1C(=O)NCCCN1C(=O)c1c(Br)cnn1C. The van der Waals surface area contributed by atoms with E-state index in [2.05, 4.69) is 40.2 Å². The topological polar surface area (TPSA) is 67.2 Å². The molecular formula is C14H21BrN4O2. The lowest BCUT2D eigenvalue weighted by molar-refractivity contribution is -0.125. The van der Waals surface area contributed by atoms with Gasteiger partial charge in [0.1, 0.15) is 11.7 Å². The molecule has 1 fully saturated rings. The molecule has 116 valence electrons. The van der Waals surface area contributed by atoms with Crippen LogP contribution in [0.2, 0.25) is 0 Å². The number of amides is 2. The average molecular weight is 357 g/mol. The molecule has 0 aromatic carbocycles. The Labute approximate surface area is 133 Å². The van der Waals surface area contributed by atoms with E-state index in [4.69, 9.17) is 0 Å². The zero-order chi connectivity index (χ0) is 15.6. The molecule has 1 aromatic rings. The fraction of sp³-hybridized carbons (Fsp3) is 0.643. The van der Waals surface area contributed by atoms with Gasteiger partial charge in [-0.15, -0.1) is 0 Å². The third kappa shape index (κ3) is 3.45. The van der Waals surface area contributed by atoms with Crippen LogP contribution in [-0.4, -0.2) is 45.6 Å². The van der Waals surface area contributed by atoms with Gasteiger partial charge in [0.25, 0.3) is 5.91 Å². The number of nitrogens with zero attached hydrogens (tertiary/aromatic N) is 3. The van der Waals surface area contributed by atoms with Gasteiger partial charge >= 0.3 is 0 Å². The van der Waals surface area contributed by atoms with Gasteiger partial charge in [0.2, 0.25) is 5.91 Å². The Balaban J connectivity index is 2.32. The smallest absolute Gasteiger partial charge is 0.273 e. The predicted molar refractivity (Wildman–Crippen MR) is 82.8 cm³/mol. The maximum absolute atomic E-state index is 12.8. The number of carbonyl (C=O) groups is 2. The minimum absolute atomic E-state index is 0.0622. The van der Waals surface area contributed by atoms with E-state index >= 15 is 0 Å². The van der Waals surface area contributed by atoms with Crippen LogP contribution in [0.1, 0.15) is 37.2 Å². The summed E-state index contributed by atoms with van der Waals surface area (Å²) in [4.78, 5) is 26.8. The van der Waals surface area contributed by atoms with Crippen LogP contribution in [0.25, 0.3) is 0 Å². The van der Waals surface area contributed by atoms with Gasteiger partial charge in [0.05, 0.1) is 10.7 Å². The molecular weight excluding hydrogens is 336 g/mol. The number of aryl methyl sites for hydroxylation is 1. The highest BCUT2D eigenvalue weighted by molar-refractivity contribution is 9.10. The third-order valence-corrected chi connectivity index (χ3v) is 4.19. The first-order valence-corrected chi connectivity index (χ1v) is 7.97. The first-order valence-electron chi connectivity index (χ1n) is 7.18. The molecule has 1 saturated heterocycles. The minimum atomic E-state index is -0.415. The number of carbonyl (C=O) groups excluding carboxylic acids is 2. The number of rotatable bonds is 3. The van der Waals surface area contributed by atoms with Crippen LogP contribution in [0.15, 0.2) is 10.7 Å². The second-order valence-electron chi connectivity index (χ2n) is 5.75. The molecule has 1 aliphatic heterocycles. The third-order valence-electron chi connectivity index (χ3n) is 3.61. The molecule has 0 radical (unpaired) electrons. The van der Waals surface area contributed by atoms with E-state index in [0.717, 1.165) is 6.42 Å². The first kappa shape index (κ1) is 16.0. The molecule has 1 unspecified atom stereocenters. The zero-order valence-corrected chi connectivity index (χ0v) is 14.2. The Morgan fingerprint density at radius 2 is 2.29 bits per heavy atom. The molecule has 2 amide bonds. The molecule has 1 N–H and O–H groups in total. The van der Waals surface area contributed by atoms with E-state index in [1.165, 1.54) is 0 Å². The Morgan fingerprint density at radius 1 is 1.57 bits per heavy atom. The van der Waals surface area contributed by atoms with Crippen molar-refractivity contribution in [2.45, 2.75) is 32.7 Å². The molecule has 1 atom stereocenters. The zero-order valence-electron chi connectivity index (χ0n) is 12.6. The number of hydrogen-bond donors (Lipinski definition) is 1. The molecule has 6 nitrogen and oxygen atoms in total. The summed E-state index contributed by atoms with van der Waals surface area (Å²) in [5, 5.41) is 6.97. The molecule has 1 aliphatic rings. The number of aromatic nitrogens is 2. The quantitative estimate of drug-likeness (QED) is 0.893. The van der Waals surface area contributed by atoms with E-state index in [-0.39, 0.29) is 11.8 Å². The van der Waals surface area contributed by atoms with Gasteiger partial charge in [0, 0.05) is 20.1 Å². The van der Waals surface area contributed by atoms with Crippen LogP contribution < -0.4 is 5.32 Å². The van der Waals surface area contributed by atoms with Crippen molar-refractivity contribution in [3.8, 4) is 0 Å². The van der Waals surface area contributed by atoms with Crippen molar-refractivity contribution in [1.29, 1.82) is 0 Å². The highest BCUT2D eigenvalue weighted by Crippen LogP contribution is 2.22. The van der Waals surface area contributed by atoms with Crippen molar-refractivity contribution in [3.63, 3.8) is 0 Å². The van der Waals surface area contributed by atoms with Crippen LogP contribution >= 0.6 is 15.9 Å². The van der Waals surface area contributed by atoms with Crippen LogP contribution in [0.4, 0.5) is 0 Å². The van der Waals surface area contributed by atoms with E-state index in [1.54, 1.807) is 22.8 Å². The number of nitrogens with one attached hydrogen (secondary N) is 1. The molecule has 1 aromatic heterocycles. The summed E-state index contributed by atoms with van der Waals surface area (Å²) >= 11 is 3.36. The molecule has 0 saturated carbocycles. The molecule has 0 spiro atoms. The number of halogens is 1. The van der Waals surface area contributed by atoms with Crippen LogP contribution in [-0.2, 0) is 11.8 Å². The summed E-state index contributed by atoms with van der Waals surface area (Å²) < 4.78 is 2.20. The summed E-state index contributed by atoms with van der Waals surface area (Å²) in [6.07, 6.45) is 3.02. The molecule has 2 rings (SSSR count).